The number of halogens is 1. The first-order valence-corrected chi connectivity index (χ1v) is 8.85. The summed E-state index contributed by atoms with van der Waals surface area (Å²) in [5.74, 6) is -1.01. The van der Waals surface area contributed by atoms with Crippen LogP contribution < -0.4 is 10.9 Å². The lowest BCUT2D eigenvalue weighted by molar-refractivity contribution is 0.0954. The van der Waals surface area contributed by atoms with Crippen molar-refractivity contribution in [3.05, 3.63) is 45.5 Å². The van der Waals surface area contributed by atoms with Crippen molar-refractivity contribution in [2.75, 3.05) is 12.8 Å². The minimum Gasteiger partial charge on any atom is -0.352 e. The van der Waals surface area contributed by atoms with Gasteiger partial charge in [-0.2, -0.15) is 0 Å². The molecular formula is C16H19FN2O3S. The Bertz CT molecular complexity index is 832. The fourth-order valence-electron chi connectivity index (χ4n) is 2.29. The van der Waals surface area contributed by atoms with Gasteiger partial charge in [0.05, 0.1) is 11.1 Å². The van der Waals surface area contributed by atoms with Crippen LogP contribution in [0.2, 0.25) is 0 Å². The predicted molar refractivity (Wildman–Crippen MR) is 89.7 cm³/mol. The number of aromatic nitrogens is 1. The van der Waals surface area contributed by atoms with Crippen molar-refractivity contribution in [1.82, 2.24) is 10.3 Å². The summed E-state index contributed by atoms with van der Waals surface area (Å²) in [5.41, 5.74) is 0.285. The van der Waals surface area contributed by atoms with E-state index in [0.717, 1.165) is 6.07 Å². The topological polar surface area (TPSA) is 79.0 Å². The molecule has 0 unspecified atom stereocenters. The molecule has 0 saturated carbocycles. The Labute approximate surface area is 135 Å². The maximum Gasteiger partial charge on any atom is 0.252 e. The van der Waals surface area contributed by atoms with Gasteiger partial charge < -0.3 is 10.3 Å². The van der Waals surface area contributed by atoms with Gasteiger partial charge in [-0.15, -0.1) is 0 Å². The molecule has 2 atom stereocenters. The number of nitrogens with one attached hydrogen (secondary N) is 2. The number of H-pyrrole nitrogens is 1. The van der Waals surface area contributed by atoms with Gasteiger partial charge in [0.25, 0.3) is 5.91 Å². The van der Waals surface area contributed by atoms with Gasteiger partial charge in [-0.05, 0) is 31.0 Å². The van der Waals surface area contributed by atoms with Crippen molar-refractivity contribution in [3.8, 4) is 0 Å². The Balaban J connectivity index is 2.30. The van der Waals surface area contributed by atoms with Crippen LogP contribution in [0.5, 0.6) is 0 Å². The molecule has 0 bridgehead atoms. The summed E-state index contributed by atoms with van der Waals surface area (Å²) >= 11 is 0. The first kappa shape index (κ1) is 17.3. The fourth-order valence-corrected chi connectivity index (χ4v) is 2.74. The van der Waals surface area contributed by atoms with Crippen molar-refractivity contribution in [2.45, 2.75) is 25.5 Å². The van der Waals surface area contributed by atoms with E-state index < -0.39 is 28.1 Å². The first-order chi connectivity index (χ1) is 10.8. The summed E-state index contributed by atoms with van der Waals surface area (Å²) in [4.78, 5) is 26.4. The quantitative estimate of drug-likeness (QED) is 0.873. The number of fused-ring (bicyclic) bond motifs is 1. The molecule has 0 fully saturated rings. The van der Waals surface area contributed by atoms with E-state index in [9.17, 15) is 18.2 Å². The molecule has 1 amide bonds. The second kappa shape index (κ2) is 7.04. The third-order valence-electron chi connectivity index (χ3n) is 3.70. The van der Waals surface area contributed by atoms with Crippen LogP contribution in [-0.2, 0) is 10.8 Å². The highest BCUT2D eigenvalue weighted by molar-refractivity contribution is 7.84. The summed E-state index contributed by atoms with van der Waals surface area (Å²) in [6, 6.07) is 4.13. The molecule has 0 aliphatic heterocycles. The van der Waals surface area contributed by atoms with Crippen molar-refractivity contribution >= 4 is 27.6 Å². The largest absolute Gasteiger partial charge is 0.352 e. The molecule has 1 aromatic heterocycles. The number of carbonyl (C=O) groups excluding carboxylic acids is 1. The van der Waals surface area contributed by atoms with Crippen LogP contribution in [-0.4, -0.2) is 33.2 Å². The van der Waals surface area contributed by atoms with Crippen LogP contribution in [0.4, 0.5) is 4.39 Å². The standard InChI is InChI=1S/C16H19FN2O3S/c1-9-6-11-12(8-14(20)19-15(11)13(17)7-9)16(21)18-5-4-10(2)23(3)22/h6-8,10H,4-5H2,1-3H3,(H,18,21)(H,19,20)/t10-,23+/m0/s1. The molecule has 2 N–H and O–H groups in total. The number of benzene rings is 1. The highest BCUT2D eigenvalue weighted by atomic mass is 32.2. The van der Waals surface area contributed by atoms with Gasteiger partial charge in [0.15, 0.2) is 0 Å². The second-order valence-electron chi connectivity index (χ2n) is 5.57. The van der Waals surface area contributed by atoms with Gasteiger partial charge in [-0.1, -0.05) is 6.92 Å². The summed E-state index contributed by atoms with van der Waals surface area (Å²) in [6.07, 6.45) is 2.17. The van der Waals surface area contributed by atoms with E-state index in [-0.39, 0.29) is 16.3 Å². The van der Waals surface area contributed by atoms with Crippen LogP contribution in [0.15, 0.2) is 23.0 Å². The van der Waals surface area contributed by atoms with Gasteiger partial charge >= 0.3 is 0 Å². The molecule has 5 nitrogen and oxygen atoms in total. The van der Waals surface area contributed by atoms with Crippen LogP contribution in [0.25, 0.3) is 10.9 Å². The Kier molecular flexibility index (Phi) is 5.30. The van der Waals surface area contributed by atoms with E-state index in [0.29, 0.717) is 23.9 Å². The molecular weight excluding hydrogens is 319 g/mol. The van der Waals surface area contributed by atoms with Crippen molar-refractivity contribution in [3.63, 3.8) is 0 Å². The Morgan fingerprint density at radius 1 is 1.39 bits per heavy atom. The lowest BCUT2D eigenvalue weighted by Gasteiger charge is -2.11. The zero-order valence-electron chi connectivity index (χ0n) is 13.2. The van der Waals surface area contributed by atoms with E-state index in [1.54, 1.807) is 19.2 Å². The molecule has 2 aromatic rings. The molecule has 124 valence electrons. The van der Waals surface area contributed by atoms with Gasteiger partial charge in [-0.25, -0.2) is 4.39 Å². The minimum absolute atomic E-state index is 0.0243. The number of amides is 1. The Morgan fingerprint density at radius 3 is 2.74 bits per heavy atom. The van der Waals surface area contributed by atoms with Crippen LogP contribution in [0, 0.1) is 12.7 Å². The third-order valence-corrected chi connectivity index (χ3v) is 5.07. The van der Waals surface area contributed by atoms with E-state index in [1.165, 1.54) is 6.07 Å². The summed E-state index contributed by atoms with van der Waals surface area (Å²) in [7, 11) is -0.958. The molecule has 0 spiro atoms. The fraction of sp³-hybridized carbons (Fsp3) is 0.375. The Morgan fingerprint density at radius 2 is 2.09 bits per heavy atom. The smallest absolute Gasteiger partial charge is 0.252 e. The molecule has 0 aliphatic rings. The number of hydrogen-bond donors (Lipinski definition) is 2. The average molecular weight is 338 g/mol. The number of aryl methyl sites for hydroxylation is 1. The number of hydrogen-bond acceptors (Lipinski definition) is 3. The Hall–Kier alpha value is -2.02. The normalized spacial score (nSPS) is 13.7. The van der Waals surface area contributed by atoms with Crippen LogP contribution in [0.3, 0.4) is 0 Å². The molecule has 0 radical (unpaired) electrons. The summed E-state index contributed by atoms with van der Waals surface area (Å²) in [6.45, 7) is 3.89. The summed E-state index contributed by atoms with van der Waals surface area (Å²) in [5, 5.41) is 3.03. The van der Waals surface area contributed by atoms with E-state index in [1.807, 2.05) is 6.92 Å². The lowest BCUT2D eigenvalue weighted by atomic mass is 10.1. The molecule has 23 heavy (non-hydrogen) atoms. The molecule has 0 aliphatic carbocycles. The highest BCUT2D eigenvalue weighted by Crippen LogP contribution is 2.20. The number of pyridine rings is 1. The molecule has 1 aromatic carbocycles. The van der Waals surface area contributed by atoms with Crippen molar-refractivity contribution in [2.24, 2.45) is 0 Å². The van der Waals surface area contributed by atoms with Gasteiger partial charge in [-0.3, -0.25) is 13.8 Å². The van der Waals surface area contributed by atoms with Crippen LogP contribution in [0.1, 0.15) is 29.3 Å². The van der Waals surface area contributed by atoms with Crippen molar-refractivity contribution < 1.29 is 13.4 Å². The maximum absolute atomic E-state index is 14.0. The molecule has 1 heterocycles. The minimum atomic E-state index is -0.958. The lowest BCUT2D eigenvalue weighted by Crippen LogP contribution is -2.28. The second-order valence-corrected chi connectivity index (χ2v) is 7.37. The first-order valence-electron chi connectivity index (χ1n) is 7.23. The summed E-state index contributed by atoms with van der Waals surface area (Å²) < 4.78 is 25.3. The van der Waals surface area contributed by atoms with Gasteiger partial charge in [0.2, 0.25) is 5.56 Å². The molecule has 7 heteroatoms. The van der Waals surface area contributed by atoms with Gasteiger partial charge in [0.1, 0.15) is 5.82 Å². The van der Waals surface area contributed by atoms with Crippen LogP contribution >= 0.6 is 0 Å². The third kappa shape index (κ3) is 4.04. The molecule has 2 rings (SSSR count). The average Bonchev–Trinajstić information content (AvgIpc) is 2.47. The number of carbonyl (C=O) groups is 1. The SMILES string of the molecule is Cc1cc(F)c2[nH]c(=O)cc(C(=O)NCC[C@H](C)[S@@](C)=O)c2c1. The number of aromatic amines is 1. The van der Waals surface area contributed by atoms with Crippen molar-refractivity contribution in [1.29, 1.82) is 0 Å². The number of rotatable bonds is 5. The monoisotopic (exact) mass is 338 g/mol. The predicted octanol–water partition coefficient (Wildman–Crippen LogP) is 1.86. The van der Waals surface area contributed by atoms with Gasteiger partial charge in [0, 0.05) is 40.3 Å². The van der Waals surface area contributed by atoms with E-state index in [4.69, 9.17) is 0 Å². The van der Waals surface area contributed by atoms with E-state index >= 15 is 0 Å². The zero-order chi connectivity index (χ0) is 17.1. The van der Waals surface area contributed by atoms with E-state index in [2.05, 4.69) is 10.3 Å². The molecule has 0 saturated heterocycles. The zero-order valence-corrected chi connectivity index (χ0v) is 14.1. The highest BCUT2D eigenvalue weighted by Gasteiger charge is 2.15. The maximum atomic E-state index is 14.0.